The van der Waals surface area contributed by atoms with Gasteiger partial charge in [0, 0.05) is 23.3 Å². The highest BCUT2D eigenvalue weighted by Crippen LogP contribution is 2.23. The van der Waals surface area contributed by atoms with Gasteiger partial charge in [-0.3, -0.25) is 8.88 Å². The summed E-state index contributed by atoms with van der Waals surface area (Å²) in [5, 5.41) is 0.925. The number of aromatic nitrogens is 4. The van der Waals surface area contributed by atoms with Crippen LogP contribution in [0, 0.1) is 11.8 Å². The van der Waals surface area contributed by atoms with E-state index in [9.17, 15) is 4.79 Å². The molecule has 178 valence electrons. The normalized spacial score (nSPS) is 15.0. The quantitative estimate of drug-likeness (QED) is 0.300. The van der Waals surface area contributed by atoms with Crippen molar-refractivity contribution in [1.29, 1.82) is 0 Å². The summed E-state index contributed by atoms with van der Waals surface area (Å²) < 4.78 is 7.78. The highest BCUT2D eigenvalue weighted by atomic mass is 16.5. The van der Waals surface area contributed by atoms with E-state index in [1.54, 1.807) is 12.3 Å². The van der Waals surface area contributed by atoms with Gasteiger partial charge in [0.2, 0.25) is 0 Å². The van der Waals surface area contributed by atoms with E-state index < -0.39 is 0 Å². The summed E-state index contributed by atoms with van der Waals surface area (Å²) in [5.74, 6) is 7.00. The van der Waals surface area contributed by atoms with Crippen molar-refractivity contribution in [2.45, 2.75) is 0 Å². The predicted molar refractivity (Wildman–Crippen MR) is 138 cm³/mol. The minimum absolute atomic E-state index is 0.126. The number of hydrogen-bond donors (Lipinski definition) is 2. The molecule has 8 nitrogen and oxygen atoms in total. The molecule has 0 atom stereocenters. The number of rotatable bonds is 2. The predicted octanol–water partition coefficient (Wildman–Crippen LogP) is 3.48. The number of nitrogens with zero attached hydrogens (tertiary/aromatic N) is 4. The van der Waals surface area contributed by atoms with E-state index in [1.807, 2.05) is 66.3 Å². The maximum atomic E-state index is 13.1. The van der Waals surface area contributed by atoms with Crippen LogP contribution in [0.3, 0.4) is 0 Å². The molecule has 0 bridgehead atoms. The van der Waals surface area contributed by atoms with Crippen molar-refractivity contribution in [1.82, 2.24) is 19.4 Å². The standard InChI is InChI=1S/C28H25N6O2/c1-34(12-14-36-15-13-34)28(35)20-4-2-19(3-5-20)22-7-9-26-31-17-23(33(26)18-22)8-6-21-16-25(29)32-27-24(21)10-11-30-27/h2-5,7,9-11,16-18H,12-15H2,1H3,(H3,29,30,32)/q+1. The Kier molecular flexibility index (Phi) is 5.29. The monoisotopic (exact) mass is 477 g/mol. The van der Waals surface area contributed by atoms with Crippen molar-refractivity contribution < 1.29 is 14.0 Å². The maximum Gasteiger partial charge on any atom is 0.345 e. The molecular weight excluding hydrogens is 452 g/mol. The molecule has 1 aliphatic rings. The molecule has 0 unspecified atom stereocenters. The average Bonchev–Trinajstić information content (AvgIpc) is 3.54. The number of nitrogens with two attached hydrogens (primary N) is 1. The number of ether oxygens (including phenoxy) is 1. The Morgan fingerprint density at radius 3 is 2.67 bits per heavy atom. The maximum absolute atomic E-state index is 13.1. The van der Waals surface area contributed by atoms with Crippen LogP contribution in [0.1, 0.15) is 21.6 Å². The van der Waals surface area contributed by atoms with Crippen LogP contribution in [-0.4, -0.2) is 63.1 Å². The van der Waals surface area contributed by atoms with E-state index in [-0.39, 0.29) is 5.91 Å². The molecule has 0 aliphatic carbocycles. The van der Waals surface area contributed by atoms with Gasteiger partial charge in [0.05, 0.1) is 32.0 Å². The number of nitrogen functional groups attached to an aromatic ring is 1. The first-order chi connectivity index (χ1) is 17.5. The van der Waals surface area contributed by atoms with Gasteiger partial charge in [-0.15, -0.1) is 0 Å². The number of hydrogen-bond acceptors (Lipinski definition) is 5. The Morgan fingerprint density at radius 2 is 1.86 bits per heavy atom. The fourth-order valence-corrected chi connectivity index (χ4v) is 4.60. The van der Waals surface area contributed by atoms with Crippen LogP contribution in [0.25, 0.3) is 27.8 Å². The van der Waals surface area contributed by atoms with Crippen LogP contribution in [0.4, 0.5) is 5.82 Å². The Morgan fingerprint density at radius 1 is 1.08 bits per heavy atom. The van der Waals surface area contributed by atoms with Crippen molar-refractivity contribution in [3.8, 4) is 23.0 Å². The number of carbonyl (C=O) groups excluding carboxylic acids is 1. The van der Waals surface area contributed by atoms with Gasteiger partial charge in [-0.2, -0.15) is 0 Å². The minimum Gasteiger partial charge on any atom is -0.384 e. The van der Waals surface area contributed by atoms with Gasteiger partial charge in [0.25, 0.3) is 0 Å². The van der Waals surface area contributed by atoms with Crippen molar-refractivity contribution in [3.63, 3.8) is 0 Å². The van der Waals surface area contributed by atoms with Crippen molar-refractivity contribution >= 4 is 28.4 Å². The molecule has 1 aromatic carbocycles. The SMILES string of the molecule is C[N+]1(C(=O)c2ccc(-c3ccc4ncc(C#Cc5cc(N)nc6[nH]ccc56)n4c3)cc2)CCOCC1. The number of quaternary nitrogens is 1. The van der Waals surface area contributed by atoms with Gasteiger partial charge in [0.15, 0.2) is 0 Å². The lowest BCUT2D eigenvalue weighted by atomic mass is 10.0. The molecule has 6 rings (SSSR count). The molecule has 1 fully saturated rings. The lowest BCUT2D eigenvalue weighted by molar-refractivity contribution is -0.837. The third-order valence-corrected chi connectivity index (χ3v) is 6.79. The summed E-state index contributed by atoms with van der Waals surface area (Å²) in [6.07, 6.45) is 5.61. The summed E-state index contributed by atoms with van der Waals surface area (Å²) >= 11 is 0. The Bertz CT molecular complexity index is 1660. The number of amides is 1. The number of nitrogens with one attached hydrogen (secondary N) is 1. The molecule has 0 spiro atoms. The van der Waals surface area contributed by atoms with Crippen molar-refractivity contribution in [3.05, 3.63) is 83.9 Å². The van der Waals surface area contributed by atoms with Gasteiger partial charge in [-0.1, -0.05) is 18.1 Å². The smallest absolute Gasteiger partial charge is 0.345 e. The highest BCUT2D eigenvalue weighted by Gasteiger charge is 2.34. The zero-order valence-electron chi connectivity index (χ0n) is 19.9. The fraction of sp³-hybridized carbons (Fsp3) is 0.179. The summed E-state index contributed by atoms with van der Waals surface area (Å²) in [4.78, 5) is 25.0. The van der Waals surface area contributed by atoms with Crippen LogP contribution in [0.5, 0.6) is 0 Å². The number of fused-ring (bicyclic) bond motifs is 2. The summed E-state index contributed by atoms with van der Waals surface area (Å²) in [6, 6.07) is 15.5. The summed E-state index contributed by atoms with van der Waals surface area (Å²) in [5.41, 5.74) is 11.8. The van der Waals surface area contributed by atoms with Gasteiger partial charge in [-0.05, 0) is 53.4 Å². The minimum atomic E-state index is 0.126. The first-order valence-electron chi connectivity index (χ1n) is 11.8. The van der Waals surface area contributed by atoms with Gasteiger partial charge < -0.3 is 15.5 Å². The zero-order valence-corrected chi connectivity index (χ0v) is 19.9. The lowest BCUT2D eigenvalue weighted by Gasteiger charge is -2.34. The summed E-state index contributed by atoms with van der Waals surface area (Å²) in [6.45, 7) is 2.62. The van der Waals surface area contributed by atoms with Crippen LogP contribution in [-0.2, 0) is 4.74 Å². The molecule has 36 heavy (non-hydrogen) atoms. The molecule has 8 heteroatoms. The van der Waals surface area contributed by atoms with E-state index in [0.29, 0.717) is 47.8 Å². The van der Waals surface area contributed by atoms with E-state index in [4.69, 9.17) is 10.5 Å². The van der Waals surface area contributed by atoms with E-state index in [1.165, 1.54) is 0 Å². The largest absolute Gasteiger partial charge is 0.384 e. The van der Waals surface area contributed by atoms with E-state index in [2.05, 4.69) is 26.8 Å². The number of benzene rings is 1. The molecule has 1 amide bonds. The van der Waals surface area contributed by atoms with Crippen LogP contribution in [0.15, 0.2) is 67.1 Å². The average molecular weight is 478 g/mol. The molecule has 5 heterocycles. The molecular formula is C28H25N6O2+. The van der Waals surface area contributed by atoms with Crippen LogP contribution in [0.2, 0.25) is 0 Å². The van der Waals surface area contributed by atoms with Gasteiger partial charge in [0.1, 0.15) is 35.9 Å². The first kappa shape index (κ1) is 22.0. The molecule has 3 N–H and O–H groups in total. The molecule has 5 aromatic rings. The molecule has 1 aliphatic heterocycles. The number of aromatic amines is 1. The number of likely N-dealkylation sites (N-methyl/N-ethyl adjacent to an activating group) is 1. The second kappa shape index (κ2) is 8.64. The first-order valence-corrected chi connectivity index (χ1v) is 11.8. The number of H-pyrrole nitrogens is 1. The molecule has 0 saturated carbocycles. The van der Waals surface area contributed by atoms with Gasteiger partial charge >= 0.3 is 5.91 Å². The number of carbonyl (C=O) groups is 1. The van der Waals surface area contributed by atoms with Crippen LogP contribution < -0.4 is 5.73 Å². The number of morpholine rings is 1. The van der Waals surface area contributed by atoms with E-state index in [0.717, 1.165) is 33.4 Å². The third-order valence-electron chi connectivity index (χ3n) is 6.79. The van der Waals surface area contributed by atoms with Crippen molar-refractivity contribution in [2.24, 2.45) is 0 Å². The van der Waals surface area contributed by atoms with Crippen LogP contribution >= 0.6 is 0 Å². The Hall–Kier alpha value is -4.45. The number of anilines is 1. The van der Waals surface area contributed by atoms with Gasteiger partial charge in [-0.25, -0.2) is 14.8 Å². The van der Waals surface area contributed by atoms with Crippen molar-refractivity contribution in [2.75, 3.05) is 39.1 Å². The Balaban J connectivity index is 1.31. The highest BCUT2D eigenvalue weighted by molar-refractivity contribution is 5.89. The molecule has 1 saturated heterocycles. The Labute approximate surface area is 207 Å². The lowest BCUT2D eigenvalue weighted by Crippen LogP contribution is -2.55. The second-order valence-electron chi connectivity index (χ2n) is 9.21. The number of imidazole rings is 1. The topological polar surface area (TPSA) is 98.3 Å². The third kappa shape index (κ3) is 3.90. The molecule has 0 radical (unpaired) electrons. The zero-order chi connectivity index (χ0) is 24.7. The molecule has 4 aromatic heterocycles. The fourth-order valence-electron chi connectivity index (χ4n) is 4.60. The summed E-state index contributed by atoms with van der Waals surface area (Å²) in [7, 11) is 1.98. The number of pyridine rings is 2. The second-order valence-corrected chi connectivity index (χ2v) is 9.21. The van der Waals surface area contributed by atoms with E-state index >= 15 is 0 Å².